The smallest absolute Gasteiger partial charge is 0.0414 e. The Hall–Kier alpha value is 0. The second kappa shape index (κ2) is 8.16. The second-order valence-corrected chi connectivity index (χ2v) is 6.74. The third kappa shape index (κ3) is 5.93. The van der Waals surface area contributed by atoms with Crippen LogP contribution in [-0.4, -0.2) is 0 Å². The van der Waals surface area contributed by atoms with Crippen molar-refractivity contribution in [2.45, 2.75) is 85.5 Å². The fraction of sp³-hybridized carbons (Fsp3) is 1.00. The molecule has 0 heteroatoms. The molecule has 0 amide bonds. The fourth-order valence-corrected chi connectivity index (χ4v) is 3.63. The summed E-state index contributed by atoms with van der Waals surface area (Å²) < 4.78 is 0. The molecular formula is C17H34. The van der Waals surface area contributed by atoms with Gasteiger partial charge in [-0.2, -0.15) is 0 Å². The maximum Gasteiger partial charge on any atom is -0.0414 e. The molecule has 0 aromatic heterocycles. The van der Waals surface area contributed by atoms with E-state index in [1.807, 2.05) is 0 Å². The Kier molecular flexibility index (Phi) is 7.23. The highest BCUT2D eigenvalue weighted by molar-refractivity contribution is 4.70. The van der Waals surface area contributed by atoms with Gasteiger partial charge in [0.05, 0.1) is 0 Å². The highest BCUT2D eigenvalue weighted by atomic mass is 14.2. The number of hydrogen-bond donors (Lipinski definition) is 0. The minimum absolute atomic E-state index is 1.02. The summed E-state index contributed by atoms with van der Waals surface area (Å²) in [5, 5.41) is 0. The molecule has 0 aliphatic heterocycles. The Morgan fingerprint density at radius 1 is 0.706 bits per heavy atom. The first-order chi connectivity index (χ1) is 8.15. The topological polar surface area (TPSA) is 0 Å². The van der Waals surface area contributed by atoms with Crippen LogP contribution in [0.25, 0.3) is 0 Å². The van der Waals surface area contributed by atoms with Gasteiger partial charge in [-0.05, 0) is 36.5 Å². The largest absolute Gasteiger partial charge is 0.0651 e. The van der Waals surface area contributed by atoms with Gasteiger partial charge in [0, 0.05) is 0 Å². The summed E-state index contributed by atoms with van der Waals surface area (Å²) in [6.07, 6.45) is 13.3. The fourth-order valence-electron chi connectivity index (χ4n) is 3.63. The van der Waals surface area contributed by atoms with Gasteiger partial charge < -0.3 is 0 Å². The first-order valence-electron chi connectivity index (χ1n) is 8.15. The maximum atomic E-state index is 2.39. The van der Waals surface area contributed by atoms with Crippen LogP contribution < -0.4 is 0 Å². The van der Waals surface area contributed by atoms with Crippen LogP contribution in [0.15, 0.2) is 0 Å². The maximum absolute atomic E-state index is 2.39. The Morgan fingerprint density at radius 2 is 1.24 bits per heavy atom. The van der Waals surface area contributed by atoms with E-state index in [9.17, 15) is 0 Å². The molecule has 0 saturated heterocycles. The third-order valence-electron chi connectivity index (χ3n) is 5.00. The van der Waals surface area contributed by atoms with Gasteiger partial charge in [-0.15, -0.1) is 0 Å². The van der Waals surface area contributed by atoms with E-state index >= 15 is 0 Å². The molecular weight excluding hydrogens is 204 g/mol. The zero-order chi connectivity index (χ0) is 12.7. The van der Waals surface area contributed by atoms with E-state index in [4.69, 9.17) is 0 Å². The first kappa shape index (κ1) is 15.1. The molecule has 4 atom stereocenters. The summed E-state index contributed by atoms with van der Waals surface area (Å²) >= 11 is 0. The van der Waals surface area contributed by atoms with Crippen LogP contribution in [0.3, 0.4) is 0 Å². The molecule has 17 heavy (non-hydrogen) atoms. The van der Waals surface area contributed by atoms with Crippen molar-refractivity contribution in [1.82, 2.24) is 0 Å². The van der Waals surface area contributed by atoms with Gasteiger partial charge in [0.25, 0.3) is 0 Å². The Balaban J connectivity index is 0.000000171. The number of rotatable bonds is 2. The van der Waals surface area contributed by atoms with Crippen molar-refractivity contribution >= 4 is 0 Å². The summed E-state index contributed by atoms with van der Waals surface area (Å²) in [6.45, 7) is 9.39. The van der Waals surface area contributed by atoms with Crippen LogP contribution in [0.5, 0.6) is 0 Å². The third-order valence-corrected chi connectivity index (χ3v) is 5.00. The van der Waals surface area contributed by atoms with Crippen molar-refractivity contribution in [3.05, 3.63) is 0 Å². The molecule has 2 rings (SSSR count). The van der Waals surface area contributed by atoms with Gasteiger partial charge in [-0.3, -0.25) is 0 Å². The lowest BCUT2D eigenvalue weighted by molar-refractivity contribution is 0.276. The van der Waals surface area contributed by atoms with E-state index in [1.165, 1.54) is 57.8 Å². The van der Waals surface area contributed by atoms with Crippen LogP contribution in [0.4, 0.5) is 0 Å². The molecule has 0 N–H and O–H groups in total. The van der Waals surface area contributed by atoms with Gasteiger partial charge in [-0.25, -0.2) is 0 Å². The van der Waals surface area contributed by atoms with Crippen molar-refractivity contribution in [2.75, 3.05) is 0 Å². The van der Waals surface area contributed by atoms with E-state index in [0.717, 1.165) is 23.7 Å². The normalized spacial score (nSPS) is 37.4. The molecule has 102 valence electrons. The van der Waals surface area contributed by atoms with Gasteiger partial charge in [0.2, 0.25) is 0 Å². The highest BCUT2D eigenvalue weighted by Crippen LogP contribution is 2.32. The van der Waals surface area contributed by atoms with Crippen molar-refractivity contribution in [3.8, 4) is 0 Å². The van der Waals surface area contributed by atoms with E-state index in [1.54, 1.807) is 0 Å². The monoisotopic (exact) mass is 238 g/mol. The molecule has 2 saturated carbocycles. The predicted molar refractivity (Wildman–Crippen MR) is 78.2 cm³/mol. The zero-order valence-electron chi connectivity index (χ0n) is 12.7. The van der Waals surface area contributed by atoms with Crippen LogP contribution in [0.2, 0.25) is 0 Å². The van der Waals surface area contributed by atoms with Gasteiger partial charge in [0.15, 0.2) is 0 Å². The molecule has 2 aliphatic rings. The quantitative estimate of drug-likeness (QED) is 0.549. The van der Waals surface area contributed by atoms with E-state index in [-0.39, 0.29) is 0 Å². The van der Waals surface area contributed by atoms with E-state index in [0.29, 0.717) is 0 Å². The van der Waals surface area contributed by atoms with E-state index in [2.05, 4.69) is 27.7 Å². The lowest BCUT2D eigenvalue weighted by atomic mass is 9.81. The molecule has 0 spiro atoms. The first-order valence-corrected chi connectivity index (χ1v) is 8.15. The van der Waals surface area contributed by atoms with E-state index < -0.39 is 0 Å². The van der Waals surface area contributed by atoms with Crippen molar-refractivity contribution in [3.63, 3.8) is 0 Å². The van der Waals surface area contributed by atoms with Crippen LogP contribution in [0, 0.1) is 23.7 Å². The molecule has 2 fully saturated rings. The standard InChI is InChI=1S/C9H18.C8H16/c1-3-9-6-4-5-8(2)7-9;1-3-8-5-4-7(2)6-8/h8-9H,3-7H2,1-2H3;7-8H,3-6H2,1-2H3. The van der Waals surface area contributed by atoms with Crippen LogP contribution in [-0.2, 0) is 0 Å². The van der Waals surface area contributed by atoms with Gasteiger partial charge >= 0.3 is 0 Å². The molecule has 0 bridgehead atoms. The van der Waals surface area contributed by atoms with Crippen molar-refractivity contribution in [2.24, 2.45) is 23.7 Å². The Labute approximate surface area is 110 Å². The zero-order valence-corrected chi connectivity index (χ0v) is 12.7. The summed E-state index contributed by atoms with van der Waals surface area (Å²) in [5.74, 6) is 4.18. The summed E-state index contributed by atoms with van der Waals surface area (Å²) in [4.78, 5) is 0. The molecule has 0 radical (unpaired) electrons. The average Bonchev–Trinajstić information content (AvgIpc) is 2.76. The molecule has 0 aromatic rings. The minimum Gasteiger partial charge on any atom is -0.0651 e. The van der Waals surface area contributed by atoms with Gasteiger partial charge in [-0.1, -0.05) is 72.6 Å². The Morgan fingerprint density at radius 3 is 1.59 bits per heavy atom. The molecule has 0 nitrogen and oxygen atoms in total. The molecule has 2 aliphatic carbocycles. The molecule has 0 heterocycles. The molecule has 0 aromatic carbocycles. The summed E-state index contributed by atoms with van der Waals surface area (Å²) in [5.41, 5.74) is 0. The SMILES string of the molecule is CCC1CCC(C)C1.CCC1CCCC(C)C1. The lowest BCUT2D eigenvalue weighted by Crippen LogP contribution is -2.11. The number of hydrogen-bond acceptors (Lipinski definition) is 0. The van der Waals surface area contributed by atoms with Gasteiger partial charge in [0.1, 0.15) is 0 Å². The van der Waals surface area contributed by atoms with Crippen LogP contribution >= 0.6 is 0 Å². The lowest BCUT2D eigenvalue weighted by Gasteiger charge is -2.25. The summed E-state index contributed by atoms with van der Waals surface area (Å²) in [6, 6.07) is 0. The highest BCUT2D eigenvalue weighted by Gasteiger charge is 2.18. The van der Waals surface area contributed by atoms with Crippen molar-refractivity contribution < 1.29 is 0 Å². The predicted octanol–water partition coefficient (Wildman–Crippen LogP) is 6.06. The summed E-state index contributed by atoms with van der Waals surface area (Å²) in [7, 11) is 0. The molecule has 4 unspecified atom stereocenters. The second-order valence-electron chi connectivity index (χ2n) is 6.74. The van der Waals surface area contributed by atoms with Crippen LogP contribution in [0.1, 0.15) is 85.5 Å². The minimum atomic E-state index is 1.02. The Bertz CT molecular complexity index is 184. The average molecular weight is 238 g/mol. The van der Waals surface area contributed by atoms with Crippen molar-refractivity contribution in [1.29, 1.82) is 0 Å².